The van der Waals surface area contributed by atoms with E-state index in [1.807, 2.05) is 0 Å². The Morgan fingerprint density at radius 1 is 1.73 bits per heavy atom. The fourth-order valence-corrected chi connectivity index (χ4v) is 1.26. The number of hydrogen-bond donors (Lipinski definition) is 0. The van der Waals surface area contributed by atoms with Crippen LogP contribution in [-0.4, -0.2) is 29.1 Å². The summed E-state index contributed by atoms with van der Waals surface area (Å²) in [7, 11) is 1.49. The second-order valence-corrected chi connectivity index (χ2v) is 2.80. The molecular formula is C6H8N2O2S. The second-order valence-electron chi connectivity index (χ2n) is 2.04. The maximum atomic E-state index is 11.1. The molecule has 0 bridgehead atoms. The zero-order chi connectivity index (χ0) is 8.27. The van der Waals surface area contributed by atoms with Crippen molar-refractivity contribution in [2.45, 2.75) is 6.92 Å². The van der Waals surface area contributed by atoms with Crippen molar-refractivity contribution in [2.75, 3.05) is 13.7 Å². The molecule has 60 valence electrons. The van der Waals surface area contributed by atoms with E-state index in [1.165, 1.54) is 7.11 Å². The quantitative estimate of drug-likeness (QED) is 0.629. The molecule has 0 N–H and O–H groups in total. The van der Waals surface area contributed by atoms with Gasteiger partial charge in [-0.2, -0.15) is 0 Å². The fraction of sp³-hybridized carbons (Fsp3) is 0.500. The van der Waals surface area contributed by atoms with Crippen LogP contribution in [0.25, 0.3) is 0 Å². The van der Waals surface area contributed by atoms with E-state index in [0.29, 0.717) is 10.6 Å². The summed E-state index contributed by atoms with van der Waals surface area (Å²) in [4.78, 5) is 11.7. The standard InChI is InChI=1S/C6H8N2O2S/c1-4-6(11-8-7-4)5(9)3-10-2/h3H2,1-2H3. The second kappa shape index (κ2) is 3.54. The smallest absolute Gasteiger partial charge is 0.201 e. The summed E-state index contributed by atoms with van der Waals surface area (Å²) in [6.45, 7) is 1.86. The number of aryl methyl sites for hydroxylation is 1. The first kappa shape index (κ1) is 8.29. The summed E-state index contributed by atoms with van der Waals surface area (Å²) in [6, 6.07) is 0. The number of aromatic nitrogens is 2. The Bertz CT molecular complexity index is 259. The van der Waals surface area contributed by atoms with Crippen LogP contribution in [0.3, 0.4) is 0 Å². The van der Waals surface area contributed by atoms with Crippen LogP contribution < -0.4 is 0 Å². The summed E-state index contributed by atoms with van der Waals surface area (Å²) in [5.74, 6) is -0.0556. The zero-order valence-corrected chi connectivity index (χ0v) is 7.14. The number of carbonyl (C=O) groups excluding carboxylic acids is 1. The van der Waals surface area contributed by atoms with Gasteiger partial charge in [0.05, 0.1) is 5.69 Å². The Balaban J connectivity index is 2.76. The minimum absolute atomic E-state index is 0.0556. The highest BCUT2D eigenvalue weighted by molar-refractivity contribution is 7.08. The Morgan fingerprint density at radius 2 is 2.45 bits per heavy atom. The fourth-order valence-electron chi connectivity index (χ4n) is 0.683. The van der Waals surface area contributed by atoms with Crippen LogP contribution in [0.5, 0.6) is 0 Å². The lowest BCUT2D eigenvalue weighted by molar-refractivity contribution is 0.0851. The summed E-state index contributed by atoms with van der Waals surface area (Å²) in [6.07, 6.45) is 0. The predicted molar refractivity (Wildman–Crippen MR) is 40.9 cm³/mol. The number of ether oxygens (including phenoxy) is 1. The number of ketones is 1. The monoisotopic (exact) mass is 172 g/mol. The van der Waals surface area contributed by atoms with E-state index in [-0.39, 0.29) is 12.4 Å². The molecule has 1 aromatic rings. The normalized spacial score (nSPS) is 10.0. The molecule has 0 spiro atoms. The van der Waals surface area contributed by atoms with Gasteiger partial charge in [0.25, 0.3) is 0 Å². The molecule has 0 saturated carbocycles. The van der Waals surface area contributed by atoms with Crippen molar-refractivity contribution in [1.29, 1.82) is 0 Å². The van der Waals surface area contributed by atoms with E-state index in [2.05, 4.69) is 14.3 Å². The van der Waals surface area contributed by atoms with Gasteiger partial charge in [-0.05, 0) is 18.5 Å². The van der Waals surface area contributed by atoms with Crippen molar-refractivity contribution in [3.63, 3.8) is 0 Å². The molecule has 0 aliphatic rings. The molecule has 0 unspecified atom stereocenters. The lowest BCUT2D eigenvalue weighted by atomic mass is 10.3. The van der Waals surface area contributed by atoms with Crippen LogP contribution in [0.4, 0.5) is 0 Å². The van der Waals surface area contributed by atoms with Gasteiger partial charge in [-0.15, -0.1) is 5.10 Å². The molecule has 0 radical (unpaired) electrons. The molecule has 0 aliphatic carbocycles. The Kier molecular flexibility index (Phi) is 2.67. The molecule has 0 aromatic carbocycles. The minimum atomic E-state index is -0.0556. The average Bonchev–Trinajstić information content (AvgIpc) is 2.36. The van der Waals surface area contributed by atoms with E-state index in [9.17, 15) is 4.79 Å². The highest BCUT2D eigenvalue weighted by atomic mass is 32.1. The first-order valence-corrected chi connectivity index (χ1v) is 3.84. The molecule has 11 heavy (non-hydrogen) atoms. The zero-order valence-electron chi connectivity index (χ0n) is 6.33. The molecule has 0 aliphatic heterocycles. The minimum Gasteiger partial charge on any atom is -0.376 e. The summed E-state index contributed by atoms with van der Waals surface area (Å²) < 4.78 is 8.32. The van der Waals surface area contributed by atoms with Gasteiger partial charge < -0.3 is 4.74 Å². The molecule has 5 heteroatoms. The SMILES string of the molecule is COCC(=O)c1snnc1C. The molecule has 0 amide bonds. The summed E-state index contributed by atoms with van der Waals surface area (Å²) >= 11 is 1.11. The molecule has 0 saturated heterocycles. The average molecular weight is 172 g/mol. The van der Waals surface area contributed by atoms with Gasteiger partial charge in [-0.3, -0.25) is 4.79 Å². The number of carbonyl (C=O) groups is 1. The third-order valence-electron chi connectivity index (χ3n) is 1.18. The van der Waals surface area contributed by atoms with Gasteiger partial charge in [-0.25, -0.2) is 0 Å². The van der Waals surface area contributed by atoms with Gasteiger partial charge >= 0.3 is 0 Å². The van der Waals surface area contributed by atoms with Crippen molar-refractivity contribution in [3.8, 4) is 0 Å². The van der Waals surface area contributed by atoms with Crippen molar-refractivity contribution >= 4 is 17.3 Å². The Morgan fingerprint density at radius 3 is 2.91 bits per heavy atom. The lowest BCUT2D eigenvalue weighted by Crippen LogP contribution is -2.06. The van der Waals surface area contributed by atoms with Gasteiger partial charge in [0.1, 0.15) is 11.5 Å². The van der Waals surface area contributed by atoms with E-state index in [0.717, 1.165) is 11.5 Å². The first-order valence-electron chi connectivity index (χ1n) is 3.06. The molecule has 1 rings (SSSR count). The van der Waals surface area contributed by atoms with E-state index < -0.39 is 0 Å². The molecule has 0 fully saturated rings. The van der Waals surface area contributed by atoms with Crippen molar-refractivity contribution in [3.05, 3.63) is 10.6 Å². The molecular weight excluding hydrogens is 164 g/mol. The third-order valence-corrected chi connectivity index (χ3v) is 2.05. The number of Topliss-reactive ketones (excluding diaryl/α,β-unsaturated/α-hetero) is 1. The van der Waals surface area contributed by atoms with Crippen molar-refractivity contribution in [1.82, 2.24) is 9.59 Å². The van der Waals surface area contributed by atoms with Gasteiger partial charge in [0.15, 0.2) is 0 Å². The highest BCUT2D eigenvalue weighted by Gasteiger charge is 2.11. The first-order chi connectivity index (χ1) is 5.25. The molecule has 4 nitrogen and oxygen atoms in total. The Hall–Kier alpha value is -0.810. The molecule has 1 aromatic heterocycles. The van der Waals surface area contributed by atoms with Crippen molar-refractivity contribution in [2.24, 2.45) is 0 Å². The molecule has 0 atom stereocenters. The number of nitrogens with zero attached hydrogens (tertiary/aromatic N) is 2. The van der Waals surface area contributed by atoms with E-state index in [4.69, 9.17) is 0 Å². The van der Waals surface area contributed by atoms with Gasteiger partial charge in [0.2, 0.25) is 5.78 Å². The third kappa shape index (κ3) is 1.81. The maximum absolute atomic E-state index is 11.1. The predicted octanol–water partition coefficient (Wildman–Crippen LogP) is 0.676. The van der Waals surface area contributed by atoms with Crippen LogP contribution >= 0.6 is 11.5 Å². The van der Waals surface area contributed by atoms with Crippen molar-refractivity contribution < 1.29 is 9.53 Å². The number of hydrogen-bond acceptors (Lipinski definition) is 5. The van der Waals surface area contributed by atoms with Crippen LogP contribution in [0.2, 0.25) is 0 Å². The molecule has 1 heterocycles. The highest BCUT2D eigenvalue weighted by Crippen LogP contribution is 2.09. The van der Waals surface area contributed by atoms with Crippen LogP contribution in [-0.2, 0) is 4.74 Å². The lowest BCUT2D eigenvalue weighted by Gasteiger charge is -1.93. The summed E-state index contributed by atoms with van der Waals surface area (Å²) in [5, 5.41) is 3.71. The van der Waals surface area contributed by atoms with Gasteiger partial charge in [0, 0.05) is 7.11 Å². The number of methoxy groups -OCH3 is 1. The largest absolute Gasteiger partial charge is 0.376 e. The Labute approximate surface area is 68.4 Å². The van der Waals surface area contributed by atoms with Crippen LogP contribution in [0.15, 0.2) is 0 Å². The number of rotatable bonds is 3. The summed E-state index contributed by atoms with van der Waals surface area (Å²) in [5.41, 5.74) is 0.678. The topological polar surface area (TPSA) is 52.1 Å². The van der Waals surface area contributed by atoms with Gasteiger partial charge in [-0.1, -0.05) is 4.49 Å². The van der Waals surface area contributed by atoms with E-state index in [1.54, 1.807) is 6.92 Å². The maximum Gasteiger partial charge on any atom is 0.201 e. The van der Waals surface area contributed by atoms with Crippen LogP contribution in [0, 0.1) is 6.92 Å². The van der Waals surface area contributed by atoms with Crippen LogP contribution in [0.1, 0.15) is 15.4 Å². The van der Waals surface area contributed by atoms with E-state index >= 15 is 0 Å².